The topological polar surface area (TPSA) is 53.2 Å². The Bertz CT molecular complexity index is 295. The van der Waals surface area contributed by atoms with Crippen molar-refractivity contribution in [2.24, 2.45) is 23.7 Å². The van der Waals surface area contributed by atoms with Crippen LogP contribution < -0.4 is 0 Å². The van der Waals surface area contributed by atoms with Gasteiger partial charge in [0.05, 0.1) is 31.3 Å². The minimum atomic E-state index is -0.600. The van der Waals surface area contributed by atoms with E-state index in [4.69, 9.17) is 10.00 Å². The molecular formula is C14H21NO2. The highest BCUT2D eigenvalue weighted by Crippen LogP contribution is 2.54. The summed E-state index contributed by atoms with van der Waals surface area (Å²) in [5.74, 6) is 3.39. The van der Waals surface area contributed by atoms with Crippen LogP contribution in [0.2, 0.25) is 0 Å². The molecule has 17 heavy (non-hydrogen) atoms. The number of hydrogen-bond donors (Lipinski definition) is 1. The lowest BCUT2D eigenvalue weighted by atomic mass is 9.55. The lowest BCUT2D eigenvalue weighted by Crippen LogP contribution is -2.49. The van der Waals surface area contributed by atoms with E-state index in [1.807, 2.05) is 6.07 Å². The predicted octanol–water partition coefficient (Wildman–Crippen LogP) is 2.10. The molecule has 0 radical (unpaired) electrons. The highest BCUT2D eigenvalue weighted by atomic mass is 16.5. The summed E-state index contributed by atoms with van der Waals surface area (Å²) in [6, 6.07) is 1.99. The highest BCUT2D eigenvalue weighted by Gasteiger charge is 2.48. The third kappa shape index (κ3) is 2.21. The van der Waals surface area contributed by atoms with E-state index < -0.39 is 6.10 Å². The largest absolute Gasteiger partial charge is 0.390 e. The van der Waals surface area contributed by atoms with E-state index in [1.54, 1.807) is 0 Å². The molecule has 4 rings (SSSR count). The molecule has 4 fully saturated rings. The molecule has 0 amide bonds. The van der Waals surface area contributed by atoms with E-state index in [9.17, 15) is 5.11 Å². The van der Waals surface area contributed by atoms with Crippen molar-refractivity contribution in [3.05, 3.63) is 0 Å². The van der Waals surface area contributed by atoms with E-state index in [-0.39, 0.29) is 6.42 Å². The Balaban J connectivity index is 1.56. The van der Waals surface area contributed by atoms with E-state index >= 15 is 0 Å². The second kappa shape index (κ2) is 4.59. The molecule has 3 heteroatoms. The van der Waals surface area contributed by atoms with Crippen molar-refractivity contribution in [2.45, 2.75) is 50.7 Å². The van der Waals surface area contributed by atoms with E-state index in [0.717, 1.165) is 23.7 Å². The molecule has 0 aliphatic heterocycles. The van der Waals surface area contributed by atoms with Gasteiger partial charge in [0.2, 0.25) is 0 Å². The van der Waals surface area contributed by atoms with Gasteiger partial charge < -0.3 is 9.84 Å². The van der Waals surface area contributed by atoms with E-state index in [0.29, 0.717) is 12.7 Å². The summed E-state index contributed by atoms with van der Waals surface area (Å²) in [6.45, 7) is 0.348. The van der Waals surface area contributed by atoms with Gasteiger partial charge in [-0.25, -0.2) is 0 Å². The molecule has 4 aliphatic rings. The number of aliphatic hydroxyl groups excluding tert-OH is 1. The maximum atomic E-state index is 9.56. The quantitative estimate of drug-likeness (QED) is 0.812. The van der Waals surface area contributed by atoms with Gasteiger partial charge in [0, 0.05) is 0 Å². The van der Waals surface area contributed by atoms with Crippen LogP contribution >= 0.6 is 0 Å². The Hall–Kier alpha value is -0.590. The first-order valence-corrected chi connectivity index (χ1v) is 6.93. The molecule has 3 nitrogen and oxygen atoms in total. The second-order valence-corrected chi connectivity index (χ2v) is 6.24. The molecule has 0 heterocycles. The van der Waals surface area contributed by atoms with Gasteiger partial charge in [-0.05, 0) is 55.8 Å². The third-order valence-corrected chi connectivity index (χ3v) is 4.95. The van der Waals surface area contributed by atoms with Crippen molar-refractivity contribution < 1.29 is 9.84 Å². The van der Waals surface area contributed by atoms with Gasteiger partial charge in [-0.1, -0.05) is 0 Å². The summed E-state index contributed by atoms with van der Waals surface area (Å²) in [5.41, 5.74) is 0. The van der Waals surface area contributed by atoms with Crippen LogP contribution in [0.1, 0.15) is 38.5 Å². The number of ether oxygens (including phenoxy) is 1. The summed E-state index contributed by atoms with van der Waals surface area (Å²) >= 11 is 0. The van der Waals surface area contributed by atoms with E-state index in [2.05, 4.69) is 0 Å². The molecular weight excluding hydrogens is 214 g/mol. The Kier molecular flexibility index (Phi) is 3.10. The van der Waals surface area contributed by atoms with Gasteiger partial charge in [0.15, 0.2) is 0 Å². The molecule has 0 saturated heterocycles. The number of hydrogen-bond acceptors (Lipinski definition) is 3. The molecule has 1 unspecified atom stereocenters. The van der Waals surface area contributed by atoms with Crippen molar-refractivity contribution in [2.75, 3.05) is 6.61 Å². The molecule has 1 N–H and O–H groups in total. The lowest BCUT2D eigenvalue weighted by Gasteiger charge is -2.54. The normalized spacial score (nSPS) is 44.6. The van der Waals surface area contributed by atoms with Crippen molar-refractivity contribution in [1.29, 1.82) is 5.26 Å². The SMILES string of the molecule is N#CCC(O)COC1C2CC3CC(C2)CC1C3. The average molecular weight is 235 g/mol. The van der Waals surface area contributed by atoms with Gasteiger partial charge in [0.1, 0.15) is 0 Å². The summed E-state index contributed by atoms with van der Waals surface area (Å²) in [6.07, 6.45) is 6.77. The number of nitriles is 1. The Morgan fingerprint density at radius 3 is 2.24 bits per heavy atom. The lowest BCUT2D eigenvalue weighted by molar-refractivity contribution is -0.139. The first-order valence-electron chi connectivity index (χ1n) is 6.93. The van der Waals surface area contributed by atoms with Crippen molar-refractivity contribution in [3.63, 3.8) is 0 Å². The zero-order chi connectivity index (χ0) is 11.8. The fourth-order valence-corrected chi connectivity index (χ4v) is 4.53. The predicted molar refractivity (Wildman–Crippen MR) is 63.0 cm³/mol. The first-order chi connectivity index (χ1) is 8.26. The Morgan fingerprint density at radius 2 is 1.71 bits per heavy atom. The molecule has 0 aromatic rings. The van der Waals surface area contributed by atoms with Crippen LogP contribution in [0.3, 0.4) is 0 Å². The summed E-state index contributed by atoms with van der Waals surface area (Å²) < 4.78 is 5.93. The molecule has 4 aliphatic carbocycles. The van der Waals surface area contributed by atoms with Gasteiger partial charge in [-0.2, -0.15) is 5.26 Å². The molecule has 4 bridgehead atoms. The van der Waals surface area contributed by atoms with Crippen LogP contribution in [0, 0.1) is 35.0 Å². The monoisotopic (exact) mass is 235 g/mol. The minimum Gasteiger partial charge on any atom is -0.390 e. The number of nitrogens with zero attached hydrogens (tertiary/aromatic N) is 1. The standard InChI is InChI=1S/C14H21NO2/c15-2-1-13(16)8-17-14-11-4-9-3-10(6-11)7-12(14)5-9/h9-14,16H,1,3-8H2. The minimum absolute atomic E-state index is 0.188. The van der Waals surface area contributed by atoms with Crippen LogP contribution in [0.4, 0.5) is 0 Å². The van der Waals surface area contributed by atoms with Gasteiger partial charge in [-0.15, -0.1) is 0 Å². The molecule has 0 aromatic carbocycles. The van der Waals surface area contributed by atoms with Crippen LogP contribution in [-0.4, -0.2) is 23.9 Å². The molecule has 94 valence electrons. The molecule has 0 spiro atoms. The molecule has 4 saturated carbocycles. The Morgan fingerprint density at radius 1 is 1.12 bits per heavy atom. The molecule has 0 aromatic heterocycles. The average Bonchev–Trinajstić information content (AvgIpc) is 2.27. The van der Waals surface area contributed by atoms with Gasteiger partial charge in [-0.3, -0.25) is 0 Å². The summed E-state index contributed by atoms with van der Waals surface area (Å²) in [5, 5.41) is 18.1. The van der Waals surface area contributed by atoms with Gasteiger partial charge in [0.25, 0.3) is 0 Å². The van der Waals surface area contributed by atoms with Crippen LogP contribution in [0.5, 0.6) is 0 Å². The zero-order valence-electron chi connectivity index (χ0n) is 10.2. The number of aliphatic hydroxyl groups is 1. The van der Waals surface area contributed by atoms with Crippen LogP contribution in [0.25, 0.3) is 0 Å². The van der Waals surface area contributed by atoms with Crippen molar-refractivity contribution in [1.82, 2.24) is 0 Å². The summed E-state index contributed by atoms with van der Waals surface area (Å²) in [7, 11) is 0. The van der Waals surface area contributed by atoms with Crippen molar-refractivity contribution in [3.8, 4) is 6.07 Å². The number of rotatable bonds is 4. The van der Waals surface area contributed by atoms with E-state index in [1.165, 1.54) is 32.1 Å². The first kappa shape index (κ1) is 11.5. The zero-order valence-corrected chi connectivity index (χ0v) is 10.2. The third-order valence-electron chi connectivity index (χ3n) is 4.95. The maximum absolute atomic E-state index is 9.56. The Labute approximate surface area is 103 Å². The van der Waals surface area contributed by atoms with Crippen LogP contribution in [-0.2, 0) is 4.74 Å². The summed E-state index contributed by atoms with van der Waals surface area (Å²) in [4.78, 5) is 0. The fourth-order valence-electron chi connectivity index (χ4n) is 4.53. The van der Waals surface area contributed by atoms with Crippen LogP contribution in [0.15, 0.2) is 0 Å². The fraction of sp³-hybridized carbons (Fsp3) is 0.929. The van der Waals surface area contributed by atoms with Crippen molar-refractivity contribution >= 4 is 0 Å². The van der Waals surface area contributed by atoms with Gasteiger partial charge >= 0.3 is 0 Å². The maximum Gasteiger partial charge on any atom is 0.0903 e. The molecule has 1 atom stereocenters. The highest BCUT2D eigenvalue weighted by molar-refractivity contribution is 4.99. The smallest absolute Gasteiger partial charge is 0.0903 e. The second-order valence-electron chi connectivity index (χ2n) is 6.24.